The summed E-state index contributed by atoms with van der Waals surface area (Å²) in [6.45, 7) is 0.825. The van der Waals surface area contributed by atoms with Crippen LogP contribution in [0.1, 0.15) is 21.5 Å². The van der Waals surface area contributed by atoms with Crippen LogP contribution in [0.15, 0.2) is 90.0 Å². The molecule has 3 aromatic rings. The zero-order chi connectivity index (χ0) is 19.8. The highest BCUT2D eigenvalue weighted by Gasteiger charge is 2.39. The van der Waals surface area contributed by atoms with Crippen LogP contribution in [0, 0.1) is 0 Å². The summed E-state index contributed by atoms with van der Waals surface area (Å²) in [4.78, 5) is 18.0. The lowest BCUT2D eigenvalue weighted by molar-refractivity contribution is 0.0963. The minimum atomic E-state index is -0.0665. The molecule has 1 N–H and O–H groups in total. The molecule has 1 unspecified atom stereocenters. The maximum Gasteiger partial charge on any atom is 0.251 e. The normalized spacial score (nSPS) is 17.0. The highest BCUT2D eigenvalue weighted by molar-refractivity contribution is 8.00. The smallest absolute Gasteiger partial charge is 0.251 e. The third kappa shape index (κ3) is 3.17. The van der Waals surface area contributed by atoms with E-state index in [0.717, 1.165) is 12.1 Å². The number of hydrogen-bond donors (Lipinski definition) is 1. The number of anilines is 1. The first-order valence-electron chi connectivity index (χ1n) is 9.63. The molecule has 2 aliphatic rings. The first kappa shape index (κ1) is 17.9. The van der Waals surface area contributed by atoms with Gasteiger partial charge in [0.1, 0.15) is 0 Å². The van der Waals surface area contributed by atoms with Crippen molar-refractivity contribution in [3.8, 4) is 0 Å². The number of amides is 1. The van der Waals surface area contributed by atoms with Gasteiger partial charge >= 0.3 is 0 Å². The Morgan fingerprint density at radius 1 is 0.966 bits per heavy atom. The Morgan fingerprint density at radius 3 is 2.45 bits per heavy atom. The lowest BCUT2D eigenvalue weighted by atomic mass is 10.1. The summed E-state index contributed by atoms with van der Waals surface area (Å²) in [6, 6.07) is 27.0. The summed E-state index contributed by atoms with van der Waals surface area (Å²) in [5.74, 6) is -0.0665. The SMILES string of the molecule is CNC(=O)c1ccc(C2=CN3c4ccccc4SC3N2Cc2ccccc2)cc1. The number of carbonyl (C=O) groups excluding carboxylic acids is 1. The Kier molecular flexibility index (Phi) is 4.52. The molecule has 3 aromatic carbocycles. The second kappa shape index (κ2) is 7.33. The minimum Gasteiger partial charge on any atom is -0.355 e. The molecule has 4 nitrogen and oxygen atoms in total. The minimum absolute atomic E-state index is 0.0665. The molecule has 5 rings (SSSR count). The second-order valence-corrected chi connectivity index (χ2v) is 8.20. The molecule has 144 valence electrons. The fourth-order valence-electron chi connectivity index (χ4n) is 3.85. The van der Waals surface area contributed by atoms with Crippen LogP contribution in [-0.4, -0.2) is 23.4 Å². The molecule has 2 heterocycles. The molecule has 0 fully saturated rings. The van der Waals surface area contributed by atoms with Crippen molar-refractivity contribution < 1.29 is 4.79 Å². The average Bonchev–Trinajstić information content (AvgIpc) is 3.31. The summed E-state index contributed by atoms with van der Waals surface area (Å²) >= 11 is 1.88. The third-order valence-corrected chi connectivity index (χ3v) is 6.61. The van der Waals surface area contributed by atoms with E-state index in [1.807, 2.05) is 42.1 Å². The molecular formula is C24H21N3OS. The number of hydrogen-bond acceptors (Lipinski definition) is 4. The molecule has 0 bridgehead atoms. The average molecular weight is 400 g/mol. The number of thioether (sulfide) groups is 1. The van der Waals surface area contributed by atoms with Gasteiger partial charge in [-0.1, -0.05) is 66.4 Å². The number of rotatable bonds is 4. The Morgan fingerprint density at radius 2 is 1.69 bits per heavy atom. The van der Waals surface area contributed by atoms with Crippen LogP contribution in [0.25, 0.3) is 5.70 Å². The number of benzene rings is 3. The first-order valence-corrected chi connectivity index (χ1v) is 10.5. The summed E-state index contributed by atoms with van der Waals surface area (Å²) in [5.41, 5.74) is 5.67. The van der Waals surface area contributed by atoms with Gasteiger partial charge in [0, 0.05) is 30.3 Å². The topological polar surface area (TPSA) is 35.6 Å². The number of nitrogens with one attached hydrogen (secondary N) is 1. The van der Waals surface area contributed by atoms with E-state index in [2.05, 4.69) is 69.8 Å². The fourth-order valence-corrected chi connectivity index (χ4v) is 5.13. The fraction of sp³-hybridized carbons (Fsp3) is 0.125. The Bertz CT molecular complexity index is 1080. The summed E-state index contributed by atoms with van der Waals surface area (Å²) in [6.07, 6.45) is 2.24. The summed E-state index contributed by atoms with van der Waals surface area (Å²) in [5, 5.41) is 2.68. The number of para-hydroxylation sites is 1. The number of carbonyl (C=O) groups is 1. The number of nitrogens with zero attached hydrogens (tertiary/aromatic N) is 2. The molecule has 0 radical (unpaired) electrons. The van der Waals surface area contributed by atoms with Gasteiger partial charge in [-0.3, -0.25) is 4.79 Å². The van der Waals surface area contributed by atoms with Crippen LogP contribution in [0.5, 0.6) is 0 Å². The molecule has 5 heteroatoms. The molecule has 1 atom stereocenters. The predicted molar refractivity (Wildman–Crippen MR) is 118 cm³/mol. The van der Waals surface area contributed by atoms with Crippen LogP contribution < -0.4 is 10.2 Å². The first-order chi connectivity index (χ1) is 14.2. The summed E-state index contributed by atoms with van der Waals surface area (Å²) < 4.78 is 0. The van der Waals surface area contributed by atoms with E-state index < -0.39 is 0 Å². The van der Waals surface area contributed by atoms with Crippen molar-refractivity contribution in [2.45, 2.75) is 16.9 Å². The van der Waals surface area contributed by atoms with E-state index in [9.17, 15) is 4.79 Å². The summed E-state index contributed by atoms with van der Waals surface area (Å²) in [7, 11) is 1.65. The van der Waals surface area contributed by atoms with Crippen molar-refractivity contribution >= 4 is 29.1 Å². The van der Waals surface area contributed by atoms with Crippen LogP contribution in [0.4, 0.5) is 5.69 Å². The number of fused-ring (bicyclic) bond motifs is 3. The molecule has 0 saturated heterocycles. The molecule has 2 aliphatic heterocycles. The molecular weight excluding hydrogens is 378 g/mol. The monoisotopic (exact) mass is 399 g/mol. The zero-order valence-electron chi connectivity index (χ0n) is 16.1. The van der Waals surface area contributed by atoms with Gasteiger partial charge in [-0.2, -0.15) is 0 Å². The highest BCUT2D eigenvalue weighted by Crippen LogP contribution is 2.50. The van der Waals surface area contributed by atoms with Gasteiger partial charge in [0.2, 0.25) is 0 Å². The Labute approximate surface area is 174 Å². The van der Waals surface area contributed by atoms with E-state index in [0.29, 0.717) is 5.56 Å². The lowest BCUT2D eigenvalue weighted by Gasteiger charge is -2.29. The maximum absolute atomic E-state index is 11.9. The Hall–Kier alpha value is -3.18. The van der Waals surface area contributed by atoms with Gasteiger partial charge in [0.05, 0.1) is 11.4 Å². The van der Waals surface area contributed by atoms with Crippen molar-refractivity contribution in [3.05, 3.63) is 102 Å². The molecule has 0 aromatic heterocycles. The van der Waals surface area contributed by atoms with Gasteiger partial charge in [-0.15, -0.1) is 0 Å². The zero-order valence-corrected chi connectivity index (χ0v) is 16.9. The van der Waals surface area contributed by atoms with E-state index in [1.54, 1.807) is 7.05 Å². The molecule has 1 amide bonds. The van der Waals surface area contributed by atoms with Gasteiger partial charge in [-0.05, 0) is 35.4 Å². The van der Waals surface area contributed by atoms with Crippen molar-refractivity contribution in [1.29, 1.82) is 0 Å². The van der Waals surface area contributed by atoms with Crippen LogP contribution in [0.3, 0.4) is 0 Å². The Balaban J connectivity index is 1.53. The molecule has 0 saturated carbocycles. The van der Waals surface area contributed by atoms with Crippen molar-refractivity contribution in [2.24, 2.45) is 0 Å². The van der Waals surface area contributed by atoms with E-state index in [4.69, 9.17) is 0 Å². The van der Waals surface area contributed by atoms with E-state index in [-0.39, 0.29) is 11.4 Å². The highest BCUT2D eigenvalue weighted by atomic mass is 32.2. The molecule has 29 heavy (non-hydrogen) atoms. The quantitative estimate of drug-likeness (QED) is 0.686. The largest absolute Gasteiger partial charge is 0.355 e. The third-order valence-electron chi connectivity index (χ3n) is 5.32. The van der Waals surface area contributed by atoms with Crippen LogP contribution in [-0.2, 0) is 6.54 Å². The second-order valence-electron chi connectivity index (χ2n) is 7.10. The van der Waals surface area contributed by atoms with Gasteiger partial charge in [-0.25, -0.2) is 0 Å². The van der Waals surface area contributed by atoms with Crippen molar-refractivity contribution in [1.82, 2.24) is 10.2 Å². The van der Waals surface area contributed by atoms with Crippen molar-refractivity contribution in [2.75, 3.05) is 11.9 Å². The van der Waals surface area contributed by atoms with Gasteiger partial charge in [0.15, 0.2) is 5.50 Å². The van der Waals surface area contributed by atoms with Crippen LogP contribution >= 0.6 is 11.8 Å². The molecule has 0 aliphatic carbocycles. The van der Waals surface area contributed by atoms with Gasteiger partial charge < -0.3 is 15.1 Å². The lowest BCUT2D eigenvalue weighted by Crippen LogP contribution is -2.33. The van der Waals surface area contributed by atoms with E-state index >= 15 is 0 Å². The van der Waals surface area contributed by atoms with Crippen molar-refractivity contribution in [3.63, 3.8) is 0 Å². The molecule has 0 spiro atoms. The van der Waals surface area contributed by atoms with E-state index in [1.165, 1.54) is 21.8 Å². The van der Waals surface area contributed by atoms with Crippen LogP contribution in [0.2, 0.25) is 0 Å². The van der Waals surface area contributed by atoms with Gasteiger partial charge in [0.25, 0.3) is 5.91 Å². The predicted octanol–water partition coefficient (Wildman–Crippen LogP) is 4.76. The maximum atomic E-state index is 11.9. The standard InChI is InChI=1S/C24H21N3OS/c1-25-23(28)19-13-11-18(12-14-19)21-16-27-20-9-5-6-10-22(20)29-24(27)26(21)15-17-7-3-2-4-8-17/h2-14,16,24H,15H2,1H3,(H,25,28).